The first kappa shape index (κ1) is 17.3. The molecule has 0 radical (unpaired) electrons. The number of para-hydroxylation sites is 1. The van der Waals surface area contributed by atoms with E-state index in [1.165, 1.54) is 22.5 Å². The van der Waals surface area contributed by atoms with Crippen LogP contribution in [0.1, 0.15) is 24.0 Å². The highest BCUT2D eigenvalue weighted by molar-refractivity contribution is 7.92. The van der Waals surface area contributed by atoms with E-state index in [9.17, 15) is 18.3 Å². The average molecular weight is 361 g/mol. The van der Waals surface area contributed by atoms with Gasteiger partial charge in [-0.2, -0.15) is 0 Å². The van der Waals surface area contributed by atoms with Gasteiger partial charge in [0, 0.05) is 13.0 Å². The van der Waals surface area contributed by atoms with Gasteiger partial charge in [0.15, 0.2) is 0 Å². The lowest BCUT2D eigenvalue weighted by molar-refractivity contribution is -0.136. The van der Waals surface area contributed by atoms with Crippen molar-refractivity contribution in [2.75, 3.05) is 10.8 Å². The Hall–Kier alpha value is -2.54. The summed E-state index contributed by atoms with van der Waals surface area (Å²) in [4.78, 5) is 10.8. The van der Waals surface area contributed by atoms with Crippen LogP contribution in [0.25, 0.3) is 0 Å². The first-order chi connectivity index (χ1) is 11.9. The zero-order chi connectivity index (χ0) is 18.0. The van der Waals surface area contributed by atoms with Crippen LogP contribution in [0.15, 0.2) is 47.4 Å². The smallest absolute Gasteiger partial charge is 0.303 e. The summed E-state index contributed by atoms with van der Waals surface area (Å²) in [6.45, 7) is 0.313. The number of hydrogen-bond acceptors (Lipinski definition) is 4. The van der Waals surface area contributed by atoms with E-state index in [1.54, 1.807) is 18.2 Å². The van der Waals surface area contributed by atoms with Gasteiger partial charge in [0.2, 0.25) is 0 Å². The molecule has 0 amide bonds. The number of benzene rings is 2. The van der Waals surface area contributed by atoms with Crippen molar-refractivity contribution in [3.63, 3.8) is 0 Å². The van der Waals surface area contributed by atoms with Crippen molar-refractivity contribution in [1.29, 1.82) is 0 Å². The molecule has 2 N–H and O–H groups in total. The number of carboxylic acids is 1. The lowest BCUT2D eigenvalue weighted by Gasteiger charge is -2.31. The van der Waals surface area contributed by atoms with Crippen LogP contribution in [0.2, 0.25) is 0 Å². The van der Waals surface area contributed by atoms with Crippen molar-refractivity contribution in [1.82, 2.24) is 0 Å². The van der Waals surface area contributed by atoms with E-state index in [0.717, 1.165) is 17.5 Å². The number of nitrogens with zero attached hydrogens (tertiary/aromatic N) is 1. The van der Waals surface area contributed by atoms with Crippen molar-refractivity contribution < 1.29 is 23.4 Å². The fourth-order valence-corrected chi connectivity index (χ4v) is 4.59. The van der Waals surface area contributed by atoms with E-state index < -0.39 is 16.0 Å². The predicted octanol–water partition coefficient (Wildman–Crippen LogP) is 2.55. The van der Waals surface area contributed by atoms with Crippen molar-refractivity contribution in [3.05, 3.63) is 53.6 Å². The summed E-state index contributed by atoms with van der Waals surface area (Å²) in [6, 6.07) is 11.3. The predicted molar refractivity (Wildman–Crippen MR) is 93.4 cm³/mol. The second-order valence-electron chi connectivity index (χ2n) is 6.00. The Morgan fingerprint density at radius 3 is 2.52 bits per heavy atom. The zero-order valence-electron chi connectivity index (χ0n) is 13.6. The molecule has 0 spiro atoms. The molecule has 3 rings (SSSR count). The zero-order valence-corrected chi connectivity index (χ0v) is 14.4. The third-order valence-electron chi connectivity index (χ3n) is 4.29. The number of aliphatic carboxylic acids is 1. The van der Waals surface area contributed by atoms with Gasteiger partial charge in [-0.05, 0) is 48.6 Å². The average Bonchev–Trinajstić information content (AvgIpc) is 2.60. The van der Waals surface area contributed by atoms with Crippen molar-refractivity contribution in [3.8, 4) is 5.75 Å². The summed E-state index contributed by atoms with van der Waals surface area (Å²) in [5, 5.41) is 18.9. The van der Waals surface area contributed by atoms with Gasteiger partial charge >= 0.3 is 5.97 Å². The standard InChI is InChI=1S/C18H19NO5S/c20-16-5-1-3-14-4-2-12-19(18(14)16)25(23,24)15-9-6-13(7-10-15)8-11-17(21)22/h1,3,5-7,9-10,20H,2,4,8,11-12H2,(H,21,22). The van der Waals surface area contributed by atoms with Crippen LogP contribution in [0.3, 0.4) is 0 Å². The van der Waals surface area contributed by atoms with Gasteiger partial charge in [0.05, 0.1) is 10.6 Å². The van der Waals surface area contributed by atoms with Gasteiger partial charge in [-0.15, -0.1) is 0 Å². The molecular formula is C18H19NO5S. The Morgan fingerprint density at radius 1 is 1.12 bits per heavy atom. The fraction of sp³-hybridized carbons (Fsp3) is 0.278. The van der Waals surface area contributed by atoms with Crippen molar-refractivity contribution in [2.24, 2.45) is 0 Å². The summed E-state index contributed by atoms with van der Waals surface area (Å²) in [6.07, 6.45) is 1.76. The monoisotopic (exact) mass is 361 g/mol. The quantitative estimate of drug-likeness (QED) is 0.853. The molecule has 0 unspecified atom stereocenters. The van der Waals surface area contributed by atoms with Crippen LogP contribution in [0.5, 0.6) is 5.75 Å². The van der Waals surface area contributed by atoms with E-state index in [1.807, 2.05) is 6.07 Å². The van der Waals surface area contributed by atoms with E-state index >= 15 is 0 Å². The van der Waals surface area contributed by atoms with Gasteiger partial charge in [0.1, 0.15) is 5.75 Å². The minimum absolute atomic E-state index is 0.000526. The number of rotatable bonds is 5. The number of aryl methyl sites for hydroxylation is 2. The van der Waals surface area contributed by atoms with Gasteiger partial charge in [-0.1, -0.05) is 24.3 Å². The number of phenolic OH excluding ortho intramolecular Hbond substituents is 1. The molecule has 132 valence electrons. The molecule has 1 aliphatic rings. The Labute approximate surface area is 146 Å². The number of phenols is 1. The molecule has 1 heterocycles. The Balaban J connectivity index is 1.92. The summed E-state index contributed by atoms with van der Waals surface area (Å²) < 4.78 is 27.3. The first-order valence-electron chi connectivity index (χ1n) is 8.04. The SMILES string of the molecule is O=C(O)CCc1ccc(S(=O)(=O)N2CCCc3cccc(O)c32)cc1. The third kappa shape index (κ3) is 3.46. The maximum Gasteiger partial charge on any atom is 0.303 e. The minimum Gasteiger partial charge on any atom is -0.506 e. The van der Waals surface area contributed by atoms with Crippen LogP contribution < -0.4 is 4.31 Å². The Bertz CT molecular complexity index is 890. The number of anilines is 1. The molecule has 6 nitrogen and oxygen atoms in total. The van der Waals surface area contributed by atoms with Gasteiger partial charge < -0.3 is 10.2 Å². The summed E-state index contributed by atoms with van der Waals surface area (Å²) in [5.74, 6) is -0.934. The topological polar surface area (TPSA) is 94.9 Å². The molecule has 1 aliphatic heterocycles. The van der Waals surface area contributed by atoms with Crippen LogP contribution in [0, 0.1) is 0 Å². The molecule has 2 aromatic rings. The molecule has 7 heteroatoms. The second kappa shape index (κ2) is 6.76. The molecule has 0 bridgehead atoms. The molecule has 0 fully saturated rings. The van der Waals surface area contributed by atoms with Gasteiger partial charge in [-0.3, -0.25) is 9.10 Å². The molecule has 0 aromatic heterocycles. The molecule has 25 heavy (non-hydrogen) atoms. The highest BCUT2D eigenvalue weighted by Crippen LogP contribution is 2.38. The molecular weight excluding hydrogens is 342 g/mol. The fourth-order valence-electron chi connectivity index (χ4n) is 3.04. The van der Waals surface area contributed by atoms with Crippen LogP contribution in [0.4, 0.5) is 5.69 Å². The third-order valence-corrected chi connectivity index (χ3v) is 6.11. The lowest BCUT2D eigenvalue weighted by atomic mass is 10.0. The maximum absolute atomic E-state index is 13.0. The lowest BCUT2D eigenvalue weighted by Crippen LogP contribution is -2.35. The number of sulfonamides is 1. The molecule has 0 saturated heterocycles. The number of fused-ring (bicyclic) bond motifs is 1. The maximum atomic E-state index is 13.0. The van der Waals surface area contributed by atoms with E-state index in [-0.39, 0.29) is 17.1 Å². The highest BCUT2D eigenvalue weighted by Gasteiger charge is 2.31. The van der Waals surface area contributed by atoms with Gasteiger partial charge in [0.25, 0.3) is 10.0 Å². The van der Waals surface area contributed by atoms with Crippen LogP contribution in [-0.2, 0) is 27.7 Å². The minimum atomic E-state index is -3.79. The van der Waals surface area contributed by atoms with Gasteiger partial charge in [-0.25, -0.2) is 8.42 Å². The number of aromatic hydroxyl groups is 1. The number of hydrogen-bond donors (Lipinski definition) is 2. The van der Waals surface area contributed by atoms with Crippen molar-refractivity contribution in [2.45, 2.75) is 30.6 Å². The van der Waals surface area contributed by atoms with Crippen LogP contribution >= 0.6 is 0 Å². The van der Waals surface area contributed by atoms with Crippen molar-refractivity contribution >= 4 is 21.7 Å². The number of carbonyl (C=O) groups is 1. The Kier molecular flexibility index (Phi) is 4.67. The van der Waals surface area contributed by atoms with Crippen LogP contribution in [-0.4, -0.2) is 31.1 Å². The normalized spacial score (nSPS) is 14.2. The molecule has 2 aromatic carbocycles. The first-order valence-corrected chi connectivity index (χ1v) is 9.48. The summed E-state index contributed by atoms with van der Waals surface area (Å²) in [5.41, 5.74) is 1.93. The van der Waals surface area contributed by atoms with E-state index in [0.29, 0.717) is 25.1 Å². The number of carboxylic acid groups (broad SMARTS) is 1. The second-order valence-corrected chi connectivity index (χ2v) is 7.87. The molecule has 0 aliphatic carbocycles. The Morgan fingerprint density at radius 2 is 1.84 bits per heavy atom. The summed E-state index contributed by atoms with van der Waals surface area (Å²) in [7, 11) is -3.79. The molecule has 0 saturated carbocycles. The molecule has 0 atom stereocenters. The summed E-state index contributed by atoms with van der Waals surface area (Å²) >= 11 is 0. The van der Waals surface area contributed by atoms with E-state index in [2.05, 4.69) is 0 Å². The highest BCUT2D eigenvalue weighted by atomic mass is 32.2. The van der Waals surface area contributed by atoms with E-state index in [4.69, 9.17) is 5.11 Å². The largest absolute Gasteiger partial charge is 0.506 e.